The van der Waals surface area contributed by atoms with E-state index in [4.69, 9.17) is 11.5 Å². The van der Waals surface area contributed by atoms with Crippen LogP contribution in [0.1, 0.15) is 0 Å². The Hall–Kier alpha value is -2.72. The first-order valence-electron chi connectivity index (χ1n) is 4.87. The van der Waals surface area contributed by atoms with Gasteiger partial charge in [-0.25, -0.2) is 22.0 Å². The van der Waals surface area contributed by atoms with E-state index in [1.54, 1.807) is 5.43 Å². The highest BCUT2D eigenvalue weighted by Gasteiger charge is 2.26. The van der Waals surface area contributed by atoms with Crippen LogP contribution in [-0.4, -0.2) is 17.4 Å². The molecular formula is C9H5F5N6. The molecule has 11 heteroatoms. The van der Waals surface area contributed by atoms with Crippen LogP contribution in [0, 0.1) is 29.1 Å². The SMILES string of the molecule is NC1=NN=C(N)C1=NNc1c(F)c(F)c(F)c(F)c1F. The molecule has 1 aromatic carbocycles. The molecule has 0 fully saturated rings. The number of hydrazone groups is 1. The molecule has 2 rings (SSSR count). The normalized spacial score (nSPS) is 14.2. The van der Waals surface area contributed by atoms with Gasteiger partial charge in [-0.1, -0.05) is 0 Å². The largest absolute Gasteiger partial charge is 0.380 e. The zero-order chi connectivity index (χ0) is 15.0. The number of anilines is 1. The quantitative estimate of drug-likeness (QED) is 0.325. The minimum absolute atomic E-state index is 0.279. The van der Waals surface area contributed by atoms with Crippen LogP contribution in [0.25, 0.3) is 0 Å². The van der Waals surface area contributed by atoms with E-state index < -0.39 is 34.8 Å². The second-order valence-electron chi connectivity index (χ2n) is 3.49. The third kappa shape index (κ3) is 2.02. The van der Waals surface area contributed by atoms with Crippen molar-refractivity contribution in [3.05, 3.63) is 29.1 Å². The zero-order valence-electron chi connectivity index (χ0n) is 9.39. The lowest BCUT2D eigenvalue weighted by atomic mass is 10.2. The number of nitrogens with two attached hydrogens (primary N) is 2. The number of halogens is 5. The van der Waals surface area contributed by atoms with Gasteiger partial charge in [-0.3, -0.25) is 5.43 Å². The Balaban J connectivity index is 2.44. The zero-order valence-corrected chi connectivity index (χ0v) is 9.39. The summed E-state index contributed by atoms with van der Waals surface area (Å²) < 4.78 is 65.2. The van der Waals surface area contributed by atoms with Gasteiger partial charge in [0.1, 0.15) is 5.69 Å². The van der Waals surface area contributed by atoms with Gasteiger partial charge in [0.25, 0.3) is 0 Å². The Bertz CT molecular complexity index is 631. The van der Waals surface area contributed by atoms with Crippen LogP contribution in [-0.2, 0) is 0 Å². The molecule has 6 nitrogen and oxygen atoms in total. The van der Waals surface area contributed by atoms with E-state index in [0.717, 1.165) is 0 Å². The van der Waals surface area contributed by atoms with Crippen molar-refractivity contribution in [3.63, 3.8) is 0 Å². The summed E-state index contributed by atoms with van der Waals surface area (Å²) in [4.78, 5) is 0. The third-order valence-electron chi connectivity index (χ3n) is 2.24. The predicted molar refractivity (Wildman–Crippen MR) is 60.5 cm³/mol. The molecule has 0 saturated heterocycles. The molecule has 1 heterocycles. The first-order chi connectivity index (χ1) is 9.34. The molecule has 0 atom stereocenters. The number of hydrogen-bond acceptors (Lipinski definition) is 6. The van der Waals surface area contributed by atoms with Crippen LogP contribution in [0.4, 0.5) is 27.6 Å². The summed E-state index contributed by atoms with van der Waals surface area (Å²) in [5, 5.41) is 9.90. The Kier molecular flexibility index (Phi) is 3.26. The summed E-state index contributed by atoms with van der Waals surface area (Å²) in [6.45, 7) is 0. The number of rotatable bonds is 2. The van der Waals surface area contributed by atoms with Crippen LogP contribution in [0.5, 0.6) is 0 Å². The summed E-state index contributed by atoms with van der Waals surface area (Å²) in [7, 11) is 0. The van der Waals surface area contributed by atoms with Crippen LogP contribution < -0.4 is 16.9 Å². The van der Waals surface area contributed by atoms with E-state index >= 15 is 0 Å². The topological polar surface area (TPSA) is 101 Å². The molecule has 0 saturated carbocycles. The number of nitrogens with zero attached hydrogens (tertiary/aromatic N) is 3. The van der Waals surface area contributed by atoms with Crippen molar-refractivity contribution in [1.29, 1.82) is 0 Å². The maximum atomic E-state index is 13.3. The maximum Gasteiger partial charge on any atom is 0.200 e. The van der Waals surface area contributed by atoms with E-state index in [1.807, 2.05) is 0 Å². The lowest BCUT2D eigenvalue weighted by molar-refractivity contribution is 0.381. The summed E-state index contributed by atoms with van der Waals surface area (Å²) in [5.74, 6) is -11.2. The van der Waals surface area contributed by atoms with Gasteiger partial charge in [0, 0.05) is 0 Å². The minimum atomic E-state index is -2.28. The van der Waals surface area contributed by atoms with E-state index in [2.05, 4.69) is 15.3 Å². The Labute approximate surface area is 107 Å². The Morgan fingerprint density at radius 2 is 1.15 bits per heavy atom. The van der Waals surface area contributed by atoms with Crippen molar-refractivity contribution in [1.82, 2.24) is 0 Å². The smallest absolute Gasteiger partial charge is 0.200 e. The van der Waals surface area contributed by atoms with Crippen LogP contribution in [0.3, 0.4) is 0 Å². The molecule has 0 radical (unpaired) electrons. The highest BCUT2D eigenvalue weighted by Crippen LogP contribution is 2.27. The van der Waals surface area contributed by atoms with Crippen molar-refractivity contribution in [2.75, 3.05) is 5.43 Å². The molecule has 1 aliphatic heterocycles. The summed E-state index contributed by atoms with van der Waals surface area (Å²) in [6, 6.07) is 0. The Morgan fingerprint density at radius 3 is 1.60 bits per heavy atom. The van der Waals surface area contributed by atoms with Gasteiger partial charge in [-0.05, 0) is 0 Å². The molecule has 20 heavy (non-hydrogen) atoms. The van der Waals surface area contributed by atoms with Crippen molar-refractivity contribution >= 4 is 23.1 Å². The summed E-state index contributed by atoms with van der Waals surface area (Å²) in [6.07, 6.45) is 0. The summed E-state index contributed by atoms with van der Waals surface area (Å²) in [5.41, 5.74) is 10.6. The molecule has 0 unspecified atom stereocenters. The van der Waals surface area contributed by atoms with Crippen molar-refractivity contribution < 1.29 is 22.0 Å². The predicted octanol–water partition coefficient (Wildman–Crippen LogP) is 0.793. The Morgan fingerprint density at radius 1 is 0.750 bits per heavy atom. The second kappa shape index (κ2) is 4.75. The van der Waals surface area contributed by atoms with Crippen LogP contribution in [0.15, 0.2) is 15.3 Å². The average molecular weight is 292 g/mol. The van der Waals surface area contributed by atoms with Gasteiger partial charge in [-0.2, -0.15) is 5.10 Å². The monoisotopic (exact) mass is 292 g/mol. The van der Waals surface area contributed by atoms with E-state index in [0.29, 0.717) is 0 Å². The second-order valence-corrected chi connectivity index (χ2v) is 3.49. The van der Waals surface area contributed by atoms with Gasteiger partial charge in [0.15, 0.2) is 40.7 Å². The molecule has 1 aromatic rings. The molecule has 0 spiro atoms. The third-order valence-corrected chi connectivity index (χ3v) is 2.24. The number of nitrogens with one attached hydrogen (secondary N) is 1. The summed E-state index contributed by atoms with van der Waals surface area (Å²) >= 11 is 0. The number of benzene rings is 1. The fraction of sp³-hybridized carbons (Fsp3) is 0. The van der Waals surface area contributed by atoms with Gasteiger partial charge < -0.3 is 11.5 Å². The first kappa shape index (κ1) is 13.7. The van der Waals surface area contributed by atoms with Crippen LogP contribution in [0.2, 0.25) is 0 Å². The fourth-order valence-corrected chi connectivity index (χ4v) is 1.26. The van der Waals surface area contributed by atoms with E-state index in [-0.39, 0.29) is 17.4 Å². The number of hydrogen-bond donors (Lipinski definition) is 3. The van der Waals surface area contributed by atoms with Crippen LogP contribution >= 0.6 is 0 Å². The minimum Gasteiger partial charge on any atom is -0.380 e. The lowest BCUT2D eigenvalue weighted by Gasteiger charge is -2.07. The van der Waals surface area contributed by atoms with Crippen molar-refractivity contribution in [2.24, 2.45) is 26.8 Å². The van der Waals surface area contributed by atoms with Gasteiger partial charge in [0.2, 0.25) is 5.82 Å². The number of amidine groups is 2. The molecule has 0 aromatic heterocycles. The highest BCUT2D eigenvalue weighted by molar-refractivity contribution is 6.68. The molecule has 106 valence electrons. The standard InChI is InChI=1S/C9H5F5N6/c10-1-2(11)4(13)6(5(14)3(1)12)17-18-7-8(15)19-20-9(7)16/h17H,(H4,15,16,18,19,20). The first-order valence-corrected chi connectivity index (χ1v) is 4.87. The molecule has 5 N–H and O–H groups in total. The van der Waals surface area contributed by atoms with Gasteiger partial charge >= 0.3 is 0 Å². The molecule has 0 aliphatic carbocycles. The van der Waals surface area contributed by atoms with E-state index in [9.17, 15) is 22.0 Å². The lowest BCUT2D eigenvalue weighted by Crippen LogP contribution is -2.32. The van der Waals surface area contributed by atoms with E-state index in [1.165, 1.54) is 0 Å². The van der Waals surface area contributed by atoms with Gasteiger partial charge in [-0.15, -0.1) is 10.2 Å². The molecular weight excluding hydrogens is 287 g/mol. The average Bonchev–Trinajstić information content (AvgIpc) is 2.74. The maximum absolute atomic E-state index is 13.3. The fourth-order valence-electron chi connectivity index (χ4n) is 1.26. The molecule has 0 amide bonds. The van der Waals surface area contributed by atoms with Crippen molar-refractivity contribution in [2.45, 2.75) is 0 Å². The molecule has 0 bridgehead atoms. The van der Waals surface area contributed by atoms with Crippen molar-refractivity contribution in [3.8, 4) is 0 Å². The highest BCUT2D eigenvalue weighted by atomic mass is 19.2. The van der Waals surface area contributed by atoms with Gasteiger partial charge in [0.05, 0.1) is 0 Å². The molecule has 1 aliphatic rings.